The molecule has 156 valence electrons. The van der Waals surface area contributed by atoms with Gasteiger partial charge in [-0.2, -0.15) is 0 Å². The molecule has 0 unspecified atom stereocenters. The number of rotatable bonds is 5. The third-order valence-electron chi connectivity index (χ3n) is 4.44. The molecule has 2 aromatic carbocycles. The topological polar surface area (TPSA) is 66.8 Å². The molecular weight excluding hydrogens is 445 g/mol. The van der Waals surface area contributed by atoms with Crippen molar-refractivity contribution in [1.29, 1.82) is 0 Å². The molecule has 1 aromatic heterocycles. The molecule has 0 spiro atoms. The first-order valence-electron chi connectivity index (χ1n) is 9.09. The highest BCUT2D eigenvalue weighted by molar-refractivity contribution is 7.18. The minimum absolute atomic E-state index is 0.131. The monoisotopic (exact) mass is 463 g/mol. The number of nitrogens with zero attached hydrogens (tertiary/aromatic N) is 1. The highest BCUT2D eigenvalue weighted by Gasteiger charge is 2.31. The maximum atomic E-state index is 13.5. The summed E-state index contributed by atoms with van der Waals surface area (Å²) in [6.45, 7) is 5.52. The van der Waals surface area contributed by atoms with Gasteiger partial charge in [0.15, 0.2) is 0 Å². The van der Waals surface area contributed by atoms with E-state index in [1.807, 2.05) is 51.1 Å². The second-order valence-electron chi connectivity index (χ2n) is 6.82. The van der Waals surface area contributed by atoms with Crippen LogP contribution in [0.5, 0.6) is 5.06 Å². The van der Waals surface area contributed by atoms with Crippen LogP contribution in [0.15, 0.2) is 48.5 Å². The van der Waals surface area contributed by atoms with Gasteiger partial charge in [0.25, 0.3) is 5.91 Å². The van der Waals surface area contributed by atoms with Crippen LogP contribution in [0.25, 0.3) is 10.4 Å². The first kappa shape index (κ1) is 22.2. The Balaban J connectivity index is 2.19. The zero-order chi connectivity index (χ0) is 22.0. The van der Waals surface area contributed by atoms with Gasteiger partial charge in [-0.3, -0.25) is 4.79 Å². The average molecular weight is 464 g/mol. The van der Waals surface area contributed by atoms with Gasteiger partial charge in [-0.15, -0.1) is 0 Å². The molecule has 0 radical (unpaired) electrons. The molecule has 0 fully saturated rings. The Bertz CT molecular complexity index is 1100. The first-order valence-corrected chi connectivity index (χ1v) is 10.7. The second kappa shape index (κ2) is 9.08. The predicted octanol–water partition coefficient (Wildman–Crippen LogP) is 7.14. The zero-order valence-corrected chi connectivity index (χ0v) is 18.8. The van der Waals surface area contributed by atoms with Crippen molar-refractivity contribution in [1.82, 2.24) is 0 Å². The summed E-state index contributed by atoms with van der Waals surface area (Å²) in [4.78, 5) is 27.1. The number of anilines is 1. The van der Waals surface area contributed by atoms with Gasteiger partial charge in [-0.25, -0.2) is 4.79 Å². The van der Waals surface area contributed by atoms with E-state index in [2.05, 4.69) is 0 Å². The number of thiophene rings is 1. The molecule has 0 saturated carbocycles. The van der Waals surface area contributed by atoms with Gasteiger partial charge in [0.2, 0.25) is 5.06 Å². The Kier molecular flexibility index (Phi) is 6.71. The largest absolute Gasteiger partial charge is 0.512 e. The molecule has 5 nitrogen and oxygen atoms in total. The summed E-state index contributed by atoms with van der Waals surface area (Å²) in [5.41, 5.74) is 2.33. The molecule has 0 aliphatic carbocycles. The number of amides is 1. The van der Waals surface area contributed by atoms with Crippen molar-refractivity contribution in [2.45, 2.75) is 26.8 Å². The first-order chi connectivity index (χ1) is 14.2. The van der Waals surface area contributed by atoms with E-state index in [4.69, 9.17) is 27.9 Å². The van der Waals surface area contributed by atoms with Crippen LogP contribution in [0.4, 0.5) is 10.5 Å². The minimum Gasteiger partial charge on any atom is -0.449 e. The van der Waals surface area contributed by atoms with E-state index in [0.717, 1.165) is 16.0 Å². The van der Waals surface area contributed by atoms with Crippen molar-refractivity contribution in [3.63, 3.8) is 0 Å². The summed E-state index contributed by atoms with van der Waals surface area (Å²) in [6.07, 6.45) is -1.45. The Morgan fingerprint density at radius 2 is 1.77 bits per heavy atom. The highest BCUT2D eigenvalue weighted by Crippen LogP contribution is 2.48. The van der Waals surface area contributed by atoms with Crippen LogP contribution < -0.4 is 9.64 Å². The molecule has 0 bridgehead atoms. The van der Waals surface area contributed by atoms with Crippen LogP contribution >= 0.6 is 34.5 Å². The molecular formula is C22H19Cl2NO4S. The van der Waals surface area contributed by atoms with Crippen molar-refractivity contribution in [2.75, 3.05) is 4.90 Å². The third-order valence-corrected chi connectivity index (χ3v) is 6.19. The van der Waals surface area contributed by atoms with E-state index >= 15 is 0 Å². The van der Waals surface area contributed by atoms with E-state index < -0.39 is 6.16 Å². The van der Waals surface area contributed by atoms with E-state index in [1.165, 1.54) is 22.3 Å². The summed E-state index contributed by atoms with van der Waals surface area (Å²) in [5, 5.41) is 10.0. The lowest BCUT2D eigenvalue weighted by Gasteiger charge is -2.28. The van der Waals surface area contributed by atoms with Crippen LogP contribution in [0.1, 0.15) is 29.8 Å². The molecule has 1 N–H and O–H groups in total. The van der Waals surface area contributed by atoms with E-state index in [1.54, 1.807) is 12.1 Å². The van der Waals surface area contributed by atoms with Crippen molar-refractivity contribution in [3.8, 4) is 15.5 Å². The number of carbonyl (C=O) groups is 2. The maximum Gasteiger partial charge on any atom is 0.512 e. The molecule has 1 heterocycles. The van der Waals surface area contributed by atoms with Crippen LogP contribution in [-0.4, -0.2) is 23.2 Å². The fourth-order valence-electron chi connectivity index (χ4n) is 3.16. The number of carbonyl (C=O) groups excluding carboxylic acids is 1. The van der Waals surface area contributed by atoms with Crippen LogP contribution in [0.3, 0.4) is 0 Å². The summed E-state index contributed by atoms with van der Waals surface area (Å²) in [6, 6.07) is 13.9. The summed E-state index contributed by atoms with van der Waals surface area (Å²) in [5.74, 6) is -0.373. The summed E-state index contributed by atoms with van der Waals surface area (Å²) < 4.78 is 5.08. The van der Waals surface area contributed by atoms with Crippen molar-refractivity contribution in [2.24, 2.45) is 0 Å². The molecule has 3 aromatic rings. The molecule has 0 aliphatic rings. The maximum absolute atomic E-state index is 13.5. The second-order valence-corrected chi connectivity index (χ2v) is 8.65. The Morgan fingerprint density at radius 1 is 1.10 bits per heavy atom. The molecule has 8 heteroatoms. The molecule has 3 rings (SSSR count). The van der Waals surface area contributed by atoms with Gasteiger partial charge >= 0.3 is 6.16 Å². The highest BCUT2D eigenvalue weighted by atomic mass is 35.5. The van der Waals surface area contributed by atoms with Crippen molar-refractivity contribution >= 4 is 52.3 Å². The Labute approximate surface area is 188 Å². The third kappa shape index (κ3) is 4.46. The normalized spacial score (nSPS) is 10.9. The van der Waals surface area contributed by atoms with Crippen molar-refractivity contribution in [3.05, 3.63) is 69.7 Å². The lowest BCUT2D eigenvalue weighted by Crippen LogP contribution is -2.37. The van der Waals surface area contributed by atoms with Gasteiger partial charge in [0.05, 0.1) is 10.6 Å². The van der Waals surface area contributed by atoms with Crippen molar-refractivity contribution < 1.29 is 19.4 Å². The number of carboxylic acid groups (broad SMARTS) is 1. The lowest BCUT2D eigenvalue weighted by molar-refractivity contribution is 0.0978. The fraction of sp³-hybridized carbons (Fsp3) is 0.182. The van der Waals surface area contributed by atoms with Gasteiger partial charge in [0, 0.05) is 15.9 Å². The van der Waals surface area contributed by atoms with Gasteiger partial charge in [0.1, 0.15) is 5.69 Å². The van der Waals surface area contributed by atoms with Gasteiger partial charge in [-0.1, -0.05) is 64.9 Å². The molecule has 0 atom stereocenters. The van der Waals surface area contributed by atoms with Crippen LogP contribution in [-0.2, 0) is 0 Å². The summed E-state index contributed by atoms with van der Waals surface area (Å²) >= 11 is 13.4. The van der Waals surface area contributed by atoms with E-state index in [9.17, 15) is 14.7 Å². The quantitative estimate of drug-likeness (QED) is 0.408. The number of hydrogen-bond acceptors (Lipinski definition) is 4. The molecule has 0 aliphatic heterocycles. The minimum atomic E-state index is -1.45. The number of ether oxygens (including phenoxy) is 1. The Hall–Kier alpha value is -2.54. The number of benzene rings is 2. The molecule has 0 saturated heterocycles. The smallest absolute Gasteiger partial charge is 0.449 e. The van der Waals surface area contributed by atoms with Gasteiger partial charge < -0.3 is 14.7 Å². The van der Waals surface area contributed by atoms with E-state index in [0.29, 0.717) is 10.7 Å². The molecule has 1 amide bonds. The van der Waals surface area contributed by atoms with Crippen LogP contribution in [0, 0.1) is 6.92 Å². The number of hydrogen-bond donors (Lipinski definition) is 1. The summed E-state index contributed by atoms with van der Waals surface area (Å²) in [7, 11) is 0. The standard InChI is InChI=1S/C22H19Cl2NO4S/c1-12(2)25(20(26)16-10-9-15(23)11-17(16)24)18-13(3)19(14-7-5-4-6-8-14)30-21(18)29-22(27)28/h4-12H,1-3H3,(H,27,28). The Morgan fingerprint density at radius 3 is 2.33 bits per heavy atom. The average Bonchev–Trinajstić information content (AvgIpc) is 2.98. The molecule has 30 heavy (non-hydrogen) atoms. The SMILES string of the molecule is Cc1c(-c2ccccc2)sc(OC(=O)O)c1N(C(=O)c1ccc(Cl)cc1Cl)C(C)C. The fourth-order valence-corrected chi connectivity index (χ4v) is 4.80. The lowest BCUT2D eigenvalue weighted by atomic mass is 10.1. The predicted molar refractivity (Wildman–Crippen MR) is 122 cm³/mol. The van der Waals surface area contributed by atoms with E-state index in [-0.39, 0.29) is 27.6 Å². The number of halogens is 2. The zero-order valence-electron chi connectivity index (χ0n) is 16.5. The van der Waals surface area contributed by atoms with Crippen LogP contribution in [0.2, 0.25) is 10.0 Å². The van der Waals surface area contributed by atoms with Gasteiger partial charge in [-0.05, 0) is 50.1 Å².